The van der Waals surface area contributed by atoms with E-state index in [0.29, 0.717) is 30.6 Å². The maximum Gasteiger partial charge on any atom is 0.258 e. The van der Waals surface area contributed by atoms with Crippen LogP contribution >= 0.6 is 0 Å². The zero-order valence-electron chi connectivity index (χ0n) is 29.8. The Morgan fingerprint density at radius 2 is 1.30 bits per heavy atom. The molecule has 0 aromatic heterocycles. The van der Waals surface area contributed by atoms with E-state index in [1.54, 1.807) is 12.1 Å². The summed E-state index contributed by atoms with van der Waals surface area (Å²) in [7, 11) is 0. The van der Waals surface area contributed by atoms with Crippen LogP contribution in [0.25, 0.3) is 0 Å². The number of hydrogen-bond acceptors (Lipinski definition) is 5. The van der Waals surface area contributed by atoms with Crippen LogP contribution in [-0.2, 0) is 22.4 Å². The first-order valence-corrected chi connectivity index (χ1v) is 17.4. The van der Waals surface area contributed by atoms with Gasteiger partial charge in [0.15, 0.2) is 6.61 Å². The van der Waals surface area contributed by atoms with Crippen LogP contribution < -0.4 is 20.7 Å². The van der Waals surface area contributed by atoms with Crippen molar-refractivity contribution in [3.05, 3.63) is 137 Å². The van der Waals surface area contributed by atoms with Gasteiger partial charge in [-0.05, 0) is 86.8 Å². The summed E-state index contributed by atoms with van der Waals surface area (Å²) in [5, 5.41) is 20.9. The Labute approximate surface area is 296 Å². The van der Waals surface area contributed by atoms with Crippen molar-refractivity contribution in [2.24, 2.45) is 5.92 Å². The smallest absolute Gasteiger partial charge is 0.258 e. The molecule has 264 valence electrons. The SMILES string of the molecule is Cc1cccc(C(=O)N[C@@H](CC(C)C)C(=O)N[C@@H](Cc2ccccc2)C(O)C[C@H](Cc2ccccc2)NC(=O)COc2c(C)cccc2C)c1. The van der Waals surface area contributed by atoms with E-state index in [1.807, 2.05) is 126 Å². The number of carbonyl (C=O) groups is 3. The molecule has 8 nitrogen and oxygen atoms in total. The van der Waals surface area contributed by atoms with Crippen LogP contribution in [0.15, 0.2) is 103 Å². The van der Waals surface area contributed by atoms with E-state index in [0.717, 1.165) is 27.8 Å². The van der Waals surface area contributed by atoms with E-state index < -0.39 is 24.2 Å². The standard InChI is InChI=1S/C42H51N3O5/c1-28(2)22-37(45-41(48)34-21-12-14-29(3)23-34)42(49)44-36(25-33-19-10-7-11-20-33)38(46)26-35(24-32-17-8-6-9-18-32)43-39(47)27-50-40-30(4)15-13-16-31(40)5/h6-21,23,28,35-38,46H,22,24-27H2,1-5H3,(H,43,47)(H,44,49)(H,45,48)/t35-,36-,37-,38?/m0/s1. The lowest BCUT2D eigenvalue weighted by Gasteiger charge is -2.30. The molecule has 0 saturated heterocycles. The van der Waals surface area contributed by atoms with Crippen molar-refractivity contribution in [2.45, 2.75) is 84.5 Å². The Hall–Kier alpha value is -4.95. The van der Waals surface area contributed by atoms with Crippen LogP contribution in [0.3, 0.4) is 0 Å². The summed E-state index contributed by atoms with van der Waals surface area (Å²) in [5.74, 6) is -0.204. The summed E-state index contributed by atoms with van der Waals surface area (Å²) in [6.07, 6.45) is 0.397. The number of nitrogens with one attached hydrogen (secondary N) is 3. The third-order valence-electron chi connectivity index (χ3n) is 8.67. The van der Waals surface area contributed by atoms with Crippen molar-refractivity contribution in [3.8, 4) is 5.75 Å². The van der Waals surface area contributed by atoms with Crippen molar-refractivity contribution >= 4 is 17.7 Å². The quantitative estimate of drug-likeness (QED) is 0.109. The molecule has 0 bridgehead atoms. The number of aryl methyl sites for hydroxylation is 3. The molecule has 50 heavy (non-hydrogen) atoms. The molecule has 3 amide bonds. The van der Waals surface area contributed by atoms with Crippen molar-refractivity contribution < 1.29 is 24.2 Å². The molecule has 8 heteroatoms. The van der Waals surface area contributed by atoms with E-state index in [9.17, 15) is 19.5 Å². The van der Waals surface area contributed by atoms with Gasteiger partial charge in [-0.2, -0.15) is 0 Å². The Bertz CT molecular complexity index is 1670. The zero-order valence-corrected chi connectivity index (χ0v) is 29.8. The maximum atomic E-state index is 13.9. The molecule has 0 aliphatic carbocycles. The van der Waals surface area contributed by atoms with Gasteiger partial charge in [0.2, 0.25) is 5.91 Å². The predicted octanol–water partition coefficient (Wildman–Crippen LogP) is 6.04. The third kappa shape index (κ3) is 11.9. The van der Waals surface area contributed by atoms with Crippen molar-refractivity contribution in [3.63, 3.8) is 0 Å². The van der Waals surface area contributed by atoms with E-state index in [1.165, 1.54) is 0 Å². The van der Waals surface area contributed by atoms with Crippen LogP contribution in [0.2, 0.25) is 0 Å². The van der Waals surface area contributed by atoms with E-state index in [-0.39, 0.29) is 36.7 Å². The first kappa shape index (κ1) is 37.9. The van der Waals surface area contributed by atoms with Gasteiger partial charge in [0.1, 0.15) is 11.8 Å². The average molecular weight is 678 g/mol. The van der Waals surface area contributed by atoms with E-state index in [2.05, 4.69) is 16.0 Å². The Kier molecular flexibility index (Phi) is 14.2. The molecule has 4 N–H and O–H groups in total. The Morgan fingerprint density at radius 3 is 1.90 bits per heavy atom. The molecule has 0 fully saturated rings. The topological polar surface area (TPSA) is 117 Å². The van der Waals surface area contributed by atoms with Crippen molar-refractivity contribution in [1.82, 2.24) is 16.0 Å². The van der Waals surface area contributed by atoms with Crippen LogP contribution in [0.4, 0.5) is 0 Å². The molecule has 0 aliphatic heterocycles. The van der Waals surface area contributed by atoms with Crippen LogP contribution in [0.1, 0.15) is 64.9 Å². The highest BCUT2D eigenvalue weighted by Gasteiger charge is 2.30. The first-order chi connectivity index (χ1) is 24.0. The number of amides is 3. The number of benzene rings is 4. The fraction of sp³-hybridized carbons (Fsp3) is 0.357. The summed E-state index contributed by atoms with van der Waals surface area (Å²) >= 11 is 0. The van der Waals surface area contributed by atoms with Gasteiger partial charge < -0.3 is 25.8 Å². The molecule has 0 heterocycles. The minimum atomic E-state index is -1.03. The average Bonchev–Trinajstić information content (AvgIpc) is 3.08. The summed E-state index contributed by atoms with van der Waals surface area (Å²) < 4.78 is 5.93. The number of aliphatic hydroxyl groups excluding tert-OH is 1. The maximum absolute atomic E-state index is 13.9. The highest BCUT2D eigenvalue weighted by Crippen LogP contribution is 2.22. The Balaban J connectivity index is 1.53. The largest absolute Gasteiger partial charge is 0.483 e. The molecule has 4 aromatic carbocycles. The highest BCUT2D eigenvalue weighted by atomic mass is 16.5. The second-order valence-electron chi connectivity index (χ2n) is 13.6. The van der Waals surface area contributed by atoms with Gasteiger partial charge in [0.05, 0.1) is 12.1 Å². The van der Waals surface area contributed by atoms with Gasteiger partial charge in [-0.15, -0.1) is 0 Å². The second-order valence-corrected chi connectivity index (χ2v) is 13.6. The van der Waals surface area contributed by atoms with E-state index >= 15 is 0 Å². The molecule has 0 saturated carbocycles. The van der Waals surface area contributed by atoms with Gasteiger partial charge in [-0.25, -0.2) is 0 Å². The van der Waals surface area contributed by atoms with E-state index in [4.69, 9.17) is 4.74 Å². The lowest BCUT2D eigenvalue weighted by Crippen LogP contribution is -2.54. The van der Waals surface area contributed by atoms with Gasteiger partial charge in [0, 0.05) is 11.6 Å². The zero-order chi connectivity index (χ0) is 36.0. The summed E-state index contributed by atoms with van der Waals surface area (Å²) in [4.78, 5) is 40.4. The van der Waals surface area contributed by atoms with Gasteiger partial charge in [-0.3, -0.25) is 14.4 Å². The molecule has 1 unspecified atom stereocenters. The lowest BCUT2D eigenvalue weighted by molar-refractivity contribution is -0.126. The summed E-state index contributed by atoms with van der Waals surface area (Å²) in [5.41, 5.74) is 5.25. The first-order valence-electron chi connectivity index (χ1n) is 17.4. The number of rotatable bonds is 17. The molecule has 4 atom stereocenters. The number of para-hydroxylation sites is 1. The fourth-order valence-electron chi connectivity index (χ4n) is 6.15. The normalized spacial score (nSPS) is 13.5. The number of ether oxygens (including phenoxy) is 1. The molecular formula is C42H51N3O5. The van der Waals surface area contributed by atoms with Gasteiger partial charge in [0.25, 0.3) is 11.8 Å². The molecular weight excluding hydrogens is 626 g/mol. The van der Waals surface area contributed by atoms with Crippen LogP contribution in [0.5, 0.6) is 5.75 Å². The molecule has 0 spiro atoms. The minimum absolute atomic E-state index is 0.122. The van der Waals surface area contributed by atoms with Crippen LogP contribution in [0, 0.1) is 26.7 Å². The Morgan fingerprint density at radius 1 is 0.700 bits per heavy atom. The minimum Gasteiger partial charge on any atom is -0.483 e. The summed E-state index contributed by atoms with van der Waals surface area (Å²) in [6, 6.07) is 30.5. The fourth-order valence-corrected chi connectivity index (χ4v) is 6.15. The number of hydrogen-bond donors (Lipinski definition) is 4. The number of aliphatic hydroxyl groups is 1. The molecule has 0 radical (unpaired) electrons. The summed E-state index contributed by atoms with van der Waals surface area (Å²) in [6.45, 7) is 9.61. The molecule has 4 aromatic rings. The second kappa shape index (κ2) is 18.7. The monoisotopic (exact) mass is 677 g/mol. The van der Waals surface area contributed by atoms with Gasteiger partial charge >= 0.3 is 0 Å². The lowest BCUT2D eigenvalue weighted by atomic mass is 9.93. The van der Waals surface area contributed by atoms with Gasteiger partial charge in [-0.1, -0.05) is 110 Å². The third-order valence-corrected chi connectivity index (χ3v) is 8.67. The number of carbonyl (C=O) groups excluding carboxylic acids is 3. The highest BCUT2D eigenvalue weighted by molar-refractivity contribution is 5.97. The van der Waals surface area contributed by atoms with Crippen molar-refractivity contribution in [1.29, 1.82) is 0 Å². The van der Waals surface area contributed by atoms with Crippen LogP contribution in [-0.4, -0.2) is 53.7 Å². The van der Waals surface area contributed by atoms with Crippen molar-refractivity contribution in [2.75, 3.05) is 6.61 Å². The molecule has 0 aliphatic rings. The molecule has 4 rings (SSSR count). The predicted molar refractivity (Wildman–Crippen MR) is 198 cm³/mol.